The molecule has 0 aliphatic carbocycles. The molecule has 0 N–H and O–H groups in total. The Morgan fingerprint density at radius 2 is 2.00 bits per heavy atom. The van der Waals surface area contributed by atoms with E-state index in [0.717, 1.165) is 6.42 Å². The molecule has 0 aromatic carbocycles. The van der Waals surface area contributed by atoms with Crippen molar-refractivity contribution in [3.05, 3.63) is 23.8 Å². The van der Waals surface area contributed by atoms with Crippen LogP contribution in [0, 0.1) is 0 Å². The summed E-state index contributed by atoms with van der Waals surface area (Å²) < 4.78 is 0. The molecule has 0 spiro atoms. The number of rotatable bonds is 2. The molecule has 0 heteroatoms. The van der Waals surface area contributed by atoms with E-state index in [1.807, 2.05) is 6.92 Å². The van der Waals surface area contributed by atoms with Crippen molar-refractivity contribution in [3.8, 4) is 0 Å². The second kappa shape index (κ2) is 4.63. The van der Waals surface area contributed by atoms with Crippen LogP contribution in [0.15, 0.2) is 23.8 Å². The number of hydrogen-bond acceptors (Lipinski definition) is 0. The molecule has 0 radical (unpaired) electrons. The second-order valence-electron chi connectivity index (χ2n) is 1.72. The third kappa shape index (κ3) is 2.62. The van der Waals surface area contributed by atoms with Crippen LogP contribution in [0.5, 0.6) is 0 Å². The topological polar surface area (TPSA) is 0 Å². The third-order valence-electron chi connectivity index (χ3n) is 1.16. The van der Waals surface area contributed by atoms with Gasteiger partial charge in [-0.05, 0) is 20.3 Å². The maximum Gasteiger partial charge on any atom is -0.0311 e. The molecule has 0 aliphatic heterocycles. The minimum atomic E-state index is 1.14. The van der Waals surface area contributed by atoms with Crippen LogP contribution in [0.25, 0.3) is 0 Å². The molecule has 46 valence electrons. The highest BCUT2D eigenvalue weighted by molar-refractivity contribution is 5.16. The van der Waals surface area contributed by atoms with E-state index in [2.05, 4.69) is 32.1 Å². The maximum atomic E-state index is 2.16. The Morgan fingerprint density at radius 3 is 2.12 bits per heavy atom. The molecular weight excluding hydrogens is 96.1 g/mol. The predicted molar refractivity (Wildman–Crippen MR) is 38.9 cm³/mol. The standard InChI is InChI=1S/C8H14/c1-4-7-8(5-2)6-3/h4-5,7H,6H2,1-3H3. The van der Waals surface area contributed by atoms with Gasteiger partial charge in [0, 0.05) is 0 Å². The van der Waals surface area contributed by atoms with Crippen LogP contribution >= 0.6 is 0 Å². The normalized spacial score (nSPS) is 13.1. The van der Waals surface area contributed by atoms with Crippen LogP contribution in [-0.4, -0.2) is 0 Å². The lowest BCUT2D eigenvalue weighted by molar-refractivity contribution is 1.14. The Bertz CT molecular complexity index is 93.9. The molecular formula is C8H14. The lowest BCUT2D eigenvalue weighted by atomic mass is 10.2. The molecule has 0 atom stereocenters. The van der Waals surface area contributed by atoms with Crippen LogP contribution in [0.2, 0.25) is 0 Å². The molecule has 0 aromatic heterocycles. The summed E-state index contributed by atoms with van der Waals surface area (Å²) in [6.45, 7) is 6.27. The van der Waals surface area contributed by atoms with E-state index in [9.17, 15) is 0 Å². The first kappa shape index (κ1) is 7.48. The van der Waals surface area contributed by atoms with Crippen LogP contribution in [0.4, 0.5) is 0 Å². The van der Waals surface area contributed by atoms with Crippen LogP contribution in [0.1, 0.15) is 27.2 Å². The largest absolute Gasteiger partial charge is 0.0874 e. The summed E-state index contributed by atoms with van der Waals surface area (Å²) in [6.07, 6.45) is 7.49. The molecule has 0 bridgehead atoms. The van der Waals surface area contributed by atoms with Crippen molar-refractivity contribution in [1.82, 2.24) is 0 Å². The summed E-state index contributed by atoms with van der Waals surface area (Å²) in [7, 11) is 0. The van der Waals surface area contributed by atoms with Crippen molar-refractivity contribution in [3.63, 3.8) is 0 Å². The highest BCUT2D eigenvalue weighted by Gasteiger charge is 1.79. The smallest absolute Gasteiger partial charge is 0.0311 e. The minimum Gasteiger partial charge on any atom is -0.0874 e. The first-order valence-corrected chi connectivity index (χ1v) is 3.13. The van der Waals surface area contributed by atoms with Crippen LogP contribution in [-0.2, 0) is 0 Å². The molecule has 0 fully saturated rings. The number of hydrogen-bond donors (Lipinski definition) is 0. The van der Waals surface area contributed by atoms with Gasteiger partial charge in [-0.3, -0.25) is 0 Å². The molecule has 0 amide bonds. The van der Waals surface area contributed by atoms with Gasteiger partial charge in [0.25, 0.3) is 0 Å². The maximum absolute atomic E-state index is 2.16. The summed E-state index contributed by atoms with van der Waals surface area (Å²) in [5.74, 6) is 0. The summed E-state index contributed by atoms with van der Waals surface area (Å²) in [5, 5.41) is 0. The van der Waals surface area contributed by atoms with Crippen LogP contribution in [0.3, 0.4) is 0 Å². The van der Waals surface area contributed by atoms with Crippen molar-refractivity contribution >= 4 is 0 Å². The number of allylic oxidation sites excluding steroid dienone is 4. The van der Waals surface area contributed by atoms with E-state index in [0.29, 0.717) is 0 Å². The molecule has 0 unspecified atom stereocenters. The van der Waals surface area contributed by atoms with Crippen molar-refractivity contribution < 1.29 is 0 Å². The molecule has 0 rings (SSSR count). The van der Waals surface area contributed by atoms with Gasteiger partial charge in [-0.2, -0.15) is 0 Å². The monoisotopic (exact) mass is 110 g/mol. The summed E-state index contributed by atoms with van der Waals surface area (Å²) in [5.41, 5.74) is 1.41. The van der Waals surface area contributed by atoms with E-state index in [1.54, 1.807) is 0 Å². The zero-order chi connectivity index (χ0) is 6.41. The Hall–Kier alpha value is -0.520. The summed E-state index contributed by atoms with van der Waals surface area (Å²) in [6, 6.07) is 0. The highest BCUT2D eigenvalue weighted by Crippen LogP contribution is 2.00. The van der Waals surface area contributed by atoms with E-state index in [4.69, 9.17) is 0 Å². The highest BCUT2D eigenvalue weighted by atomic mass is 13.9. The lowest BCUT2D eigenvalue weighted by Gasteiger charge is -1.90. The summed E-state index contributed by atoms with van der Waals surface area (Å²) >= 11 is 0. The summed E-state index contributed by atoms with van der Waals surface area (Å²) in [4.78, 5) is 0. The van der Waals surface area contributed by atoms with E-state index < -0.39 is 0 Å². The SMILES string of the molecule is CC=CC(=CC)CC. The molecule has 0 saturated carbocycles. The Balaban J connectivity index is 3.72. The average molecular weight is 110 g/mol. The first-order chi connectivity index (χ1) is 3.85. The van der Waals surface area contributed by atoms with Gasteiger partial charge < -0.3 is 0 Å². The zero-order valence-corrected chi connectivity index (χ0v) is 5.94. The fraction of sp³-hybridized carbons (Fsp3) is 0.500. The van der Waals surface area contributed by atoms with Crippen molar-refractivity contribution in [2.75, 3.05) is 0 Å². The quantitative estimate of drug-likeness (QED) is 0.479. The molecule has 0 aromatic rings. The van der Waals surface area contributed by atoms with E-state index >= 15 is 0 Å². The molecule has 0 aliphatic rings. The van der Waals surface area contributed by atoms with Gasteiger partial charge in [0.2, 0.25) is 0 Å². The van der Waals surface area contributed by atoms with E-state index in [-0.39, 0.29) is 0 Å². The molecule has 0 nitrogen and oxygen atoms in total. The van der Waals surface area contributed by atoms with Gasteiger partial charge >= 0.3 is 0 Å². The average Bonchev–Trinajstić information content (AvgIpc) is 1.83. The van der Waals surface area contributed by atoms with Gasteiger partial charge in [0.1, 0.15) is 0 Å². The Labute approximate surface area is 51.9 Å². The van der Waals surface area contributed by atoms with Gasteiger partial charge in [-0.15, -0.1) is 0 Å². The van der Waals surface area contributed by atoms with Gasteiger partial charge in [-0.1, -0.05) is 30.7 Å². The molecule has 0 saturated heterocycles. The van der Waals surface area contributed by atoms with Crippen LogP contribution < -0.4 is 0 Å². The third-order valence-corrected chi connectivity index (χ3v) is 1.16. The first-order valence-electron chi connectivity index (χ1n) is 3.13. The van der Waals surface area contributed by atoms with E-state index in [1.165, 1.54) is 5.57 Å². The van der Waals surface area contributed by atoms with Crippen molar-refractivity contribution in [2.24, 2.45) is 0 Å². The predicted octanol–water partition coefficient (Wildman–Crippen LogP) is 2.92. The fourth-order valence-electron chi connectivity index (χ4n) is 0.632. The lowest BCUT2D eigenvalue weighted by Crippen LogP contribution is -1.69. The fourth-order valence-corrected chi connectivity index (χ4v) is 0.632. The molecule has 0 heterocycles. The zero-order valence-electron chi connectivity index (χ0n) is 5.94. The minimum absolute atomic E-state index is 1.14. The Kier molecular flexibility index (Phi) is 4.33. The second-order valence-corrected chi connectivity index (χ2v) is 1.72. The van der Waals surface area contributed by atoms with Gasteiger partial charge in [-0.25, -0.2) is 0 Å². The molecule has 8 heavy (non-hydrogen) atoms. The van der Waals surface area contributed by atoms with Crippen molar-refractivity contribution in [2.45, 2.75) is 27.2 Å². The van der Waals surface area contributed by atoms with Gasteiger partial charge in [0.05, 0.1) is 0 Å². The Morgan fingerprint density at radius 1 is 1.38 bits per heavy atom. The van der Waals surface area contributed by atoms with Gasteiger partial charge in [0.15, 0.2) is 0 Å². The van der Waals surface area contributed by atoms with Crippen molar-refractivity contribution in [1.29, 1.82) is 0 Å².